The van der Waals surface area contributed by atoms with Gasteiger partial charge in [-0.05, 0) is 24.6 Å². The summed E-state index contributed by atoms with van der Waals surface area (Å²) in [5.41, 5.74) is 1.75. The Morgan fingerprint density at radius 1 is 1.00 bits per heavy atom. The van der Waals surface area contributed by atoms with Gasteiger partial charge < -0.3 is 4.90 Å². The van der Waals surface area contributed by atoms with Gasteiger partial charge in [-0.25, -0.2) is 0 Å². The van der Waals surface area contributed by atoms with E-state index in [-0.39, 0.29) is 24.2 Å². The monoisotopic (exact) mass is 394 g/mol. The van der Waals surface area contributed by atoms with E-state index in [0.717, 1.165) is 5.56 Å². The Labute approximate surface area is 168 Å². The first-order valence-corrected chi connectivity index (χ1v) is 9.19. The summed E-state index contributed by atoms with van der Waals surface area (Å²) < 4.78 is 0. The largest absolute Gasteiger partial charge is 0.327 e. The van der Waals surface area contributed by atoms with Crippen molar-refractivity contribution in [3.63, 3.8) is 0 Å². The Kier molecular flexibility index (Phi) is 6.06. The van der Waals surface area contributed by atoms with Gasteiger partial charge in [-0.2, -0.15) is 0 Å². The van der Waals surface area contributed by atoms with Gasteiger partial charge in [0.05, 0.1) is 28.1 Å². The molecule has 1 atom stereocenters. The summed E-state index contributed by atoms with van der Waals surface area (Å²) in [7, 11) is 0. The average Bonchev–Trinajstić information content (AvgIpc) is 2.72. The molecular formula is C22H19ClN2O3. The van der Waals surface area contributed by atoms with Gasteiger partial charge in [0, 0.05) is 11.6 Å². The highest BCUT2D eigenvalue weighted by Crippen LogP contribution is 2.29. The number of halogens is 1. The van der Waals surface area contributed by atoms with Crippen molar-refractivity contribution in [2.24, 2.45) is 0 Å². The van der Waals surface area contributed by atoms with E-state index < -0.39 is 4.92 Å². The Bertz CT molecular complexity index is 992. The Hall–Kier alpha value is -3.18. The molecular weight excluding hydrogens is 376 g/mol. The molecule has 3 aromatic rings. The molecule has 0 N–H and O–H groups in total. The minimum atomic E-state index is -0.430. The highest BCUT2D eigenvalue weighted by Gasteiger charge is 2.27. The maximum atomic E-state index is 13.3. The zero-order valence-corrected chi connectivity index (χ0v) is 16.0. The molecule has 0 aliphatic carbocycles. The smallest absolute Gasteiger partial charge is 0.274 e. The van der Waals surface area contributed by atoms with Crippen LogP contribution in [0.4, 0.5) is 5.69 Å². The topological polar surface area (TPSA) is 63.4 Å². The van der Waals surface area contributed by atoms with Gasteiger partial charge in [0.15, 0.2) is 0 Å². The Morgan fingerprint density at radius 2 is 1.61 bits per heavy atom. The van der Waals surface area contributed by atoms with E-state index >= 15 is 0 Å². The van der Waals surface area contributed by atoms with Crippen LogP contribution in [0.3, 0.4) is 0 Å². The van der Waals surface area contributed by atoms with Crippen molar-refractivity contribution in [1.82, 2.24) is 4.90 Å². The molecule has 3 rings (SSSR count). The molecule has 0 saturated heterocycles. The molecule has 0 spiro atoms. The second kappa shape index (κ2) is 8.67. The maximum absolute atomic E-state index is 13.3. The molecule has 28 heavy (non-hydrogen) atoms. The van der Waals surface area contributed by atoms with Gasteiger partial charge in [-0.15, -0.1) is 0 Å². The SMILES string of the molecule is CC(c1ccccc1)N(Cc1ccccc1[N+](=O)[O-])C(=O)c1ccccc1Cl. The maximum Gasteiger partial charge on any atom is 0.274 e. The molecule has 0 fully saturated rings. The van der Waals surface area contributed by atoms with Gasteiger partial charge in [-0.1, -0.05) is 72.3 Å². The predicted octanol–water partition coefficient (Wildman–Crippen LogP) is 5.65. The molecule has 0 aliphatic heterocycles. The summed E-state index contributed by atoms with van der Waals surface area (Å²) in [5, 5.41) is 11.8. The van der Waals surface area contributed by atoms with Crippen LogP contribution in [0.2, 0.25) is 5.02 Å². The fourth-order valence-corrected chi connectivity index (χ4v) is 3.31. The summed E-state index contributed by atoms with van der Waals surface area (Å²) >= 11 is 6.24. The van der Waals surface area contributed by atoms with Crippen LogP contribution in [0.1, 0.15) is 34.5 Å². The number of nitro groups is 1. The van der Waals surface area contributed by atoms with E-state index in [2.05, 4.69) is 0 Å². The fourth-order valence-electron chi connectivity index (χ4n) is 3.09. The first kappa shape index (κ1) is 19.6. The van der Waals surface area contributed by atoms with Crippen molar-refractivity contribution in [3.8, 4) is 0 Å². The van der Waals surface area contributed by atoms with E-state index in [0.29, 0.717) is 16.1 Å². The number of nitro benzene ring substituents is 1. The molecule has 1 amide bonds. The summed E-state index contributed by atoms with van der Waals surface area (Å²) in [6.45, 7) is 2.00. The number of amides is 1. The number of benzene rings is 3. The number of rotatable bonds is 6. The first-order valence-electron chi connectivity index (χ1n) is 8.81. The Balaban J connectivity index is 2.04. The number of nitrogens with zero attached hydrogens (tertiary/aromatic N) is 2. The molecule has 0 radical (unpaired) electrons. The number of para-hydroxylation sites is 1. The van der Waals surface area contributed by atoms with E-state index in [1.807, 2.05) is 37.3 Å². The van der Waals surface area contributed by atoms with Crippen molar-refractivity contribution in [2.75, 3.05) is 0 Å². The second-order valence-corrected chi connectivity index (χ2v) is 6.79. The fraction of sp³-hybridized carbons (Fsp3) is 0.136. The lowest BCUT2D eigenvalue weighted by Crippen LogP contribution is -2.33. The van der Waals surface area contributed by atoms with Crippen LogP contribution < -0.4 is 0 Å². The molecule has 142 valence electrons. The van der Waals surface area contributed by atoms with E-state index in [9.17, 15) is 14.9 Å². The Morgan fingerprint density at radius 3 is 2.29 bits per heavy atom. The number of carbonyl (C=O) groups excluding carboxylic acids is 1. The third-order valence-electron chi connectivity index (χ3n) is 4.64. The number of carbonyl (C=O) groups is 1. The highest BCUT2D eigenvalue weighted by molar-refractivity contribution is 6.33. The molecule has 0 aliphatic rings. The summed E-state index contributed by atoms with van der Waals surface area (Å²) in [6, 6.07) is 22.5. The summed E-state index contributed by atoms with van der Waals surface area (Å²) in [5.74, 6) is -0.278. The van der Waals surface area contributed by atoms with Gasteiger partial charge >= 0.3 is 0 Å². The summed E-state index contributed by atoms with van der Waals surface area (Å²) in [4.78, 5) is 25.9. The summed E-state index contributed by atoms with van der Waals surface area (Å²) in [6.07, 6.45) is 0. The van der Waals surface area contributed by atoms with Gasteiger partial charge in [0.25, 0.3) is 11.6 Å². The van der Waals surface area contributed by atoms with E-state index in [1.165, 1.54) is 6.07 Å². The average molecular weight is 395 g/mol. The molecule has 6 heteroatoms. The minimum Gasteiger partial charge on any atom is -0.327 e. The molecule has 0 heterocycles. The quantitative estimate of drug-likeness (QED) is 0.400. The van der Waals surface area contributed by atoms with E-state index in [1.54, 1.807) is 47.4 Å². The van der Waals surface area contributed by atoms with Crippen molar-refractivity contribution < 1.29 is 9.72 Å². The van der Waals surface area contributed by atoms with Gasteiger partial charge in [-0.3, -0.25) is 14.9 Å². The van der Waals surface area contributed by atoms with E-state index in [4.69, 9.17) is 11.6 Å². The lowest BCUT2D eigenvalue weighted by molar-refractivity contribution is -0.385. The van der Waals surface area contributed by atoms with Crippen LogP contribution in [0.15, 0.2) is 78.9 Å². The lowest BCUT2D eigenvalue weighted by Gasteiger charge is -2.30. The van der Waals surface area contributed by atoms with Crippen LogP contribution >= 0.6 is 11.6 Å². The zero-order chi connectivity index (χ0) is 20.1. The molecule has 5 nitrogen and oxygen atoms in total. The lowest BCUT2D eigenvalue weighted by atomic mass is 10.0. The normalized spacial score (nSPS) is 11.6. The standard InChI is InChI=1S/C22H19ClN2O3/c1-16(17-9-3-2-4-10-17)24(22(26)19-12-6-7-13-20(19)23)15-18-11-5-8-14-21(18)25(27)28/h2-14,16H,15H2,1H3. The zero-order valence-electron chi connectivity index (χ0n) is 15.3. The molecule has 0 bridgehead atoms. The molecule has 1 unspecified atom stereocenters. The molecule has 0 saturated carbocycles. The van der Waals surface area contributed by atoms with Crippen molar-refractivity contribution >= 4 is 23.2 Å². The highest BCUT2D eigenvalue weighted by atomic mass is 35.5. The number of hydrogen-bond acceptors (Lipinski definition) is 3. The van der Waals surface area contributed by atoms with Crippen molar-refractivity contribution in [2.45, 2.75) is 19.5 Å². The minimum absolute atomic E-state index is 0.0141. The predicted molar refractivity (Wildman–Crippen MR) is 109 cm³/mol. The molecule has 3 aromatic carbocycles. The van der Waals surface area contributed by atoms with Crippen LogP contribution in [-0.4, -0.2) is 15.7 Å². The van der Waals surface area contributed by atoms with Crippen LogP contribution in [0.25, 0.3) is 0 Å². The van der Waals surface area contributed by atoms with Crippen molar-refractivity contribution in [3.05, 3.63) is 111 Å². The first-order chi connectivity index (χ1) is 13.5. The number of hydrogen-bond donors (Lipinski definition) is 0. The second-order valence-electron chi connectivity index (χ2n) is 6.39. The molecule has 0 aromatic heterocycles. The van der Waals surface area contributed by atoms with Crippen LogP contribution in [0, 0.1) is 10.1 Å². The van der Waals surface area contributed by atoms with Crippen LogP contribution in [0.5, 0.6) is 0 Å². The third-order valence-corrected chi connectivity index (χ3v) is 4.97. The van der Waals surface area contributed by atoms with Gasteiger partial charge in [0.1, 0.15) is 0 Å². The third kappa shape index (κ3) is 4.21. The van der Waals surface area contributed by atoms with Crippen LogP contribution in [-0.2, 0) is 6.54 Å². The van der Waals surface area contributed by atoms with Gasteiger partial charge in [0.2, 0.25) is 0 Å². The van der Waals surface area contributed by atoms with Crippen molar-refractivity contribution in [1.29, 1.82) is 0 Å².